The highest BCUT2D eigenvalue weighted by atomic mass is 16.4. The van der Waals surface area contributed by atoms with Crippen LogP contribution in [0, 0.1) is 18.3 Å². The van der Waals surface area contributed by atoms with Crippen LogP contribution < -0.4 is 0 Å². The van der Waals surface area contributed by atoms with Gasteiger partial charge in [0.25, 0.3) is 0 Å². The zero-order valence-electron chi connectivity index (χ0n) is 8.26. The van der Waals surface area contributed by atoms with Crippen molar-refractivity contribution in [3.8, 4) is 12.3 Å². The lowest BCUT2D eigenvalue weighted by Crippen LogP contribution is -2.11. The molecule has 0 aliphatic heterocycles. The molecule has 0 saturated heterocycles. The van der Waals surface area contributed by atoms with E-state index >= 15 is 0 Å². The van der Waals surface area contributed by atoms with Crippen molar-refractivity contribution < 1.29 is 9.90 Å². The van der Waals surface area contributed by atoms with E-state index in [-0.39, 0.29) is 0 Å². The Morgan fingerprint density at radius 2 is 2.20 bits per heavy atom. The van der Waals surface area contributed by atoms with E-state index in [2.05, 4.69) is 15.9 Å². The standard InChI is InChI=1S/C11H12N2O2/c1-2-9(11(14)15)5-3-6-10-12-7-4-8-13-10/h1,4,7-9H,3,5-6H2,(H,14,15). The number of aromatic nitrogens is 2. The minimum atomic E-state index is -0.938. The van der Waals surface area contributed by atoms with Crippen LogP contribution in [0.3, 0.4) is 0 Å². The summed E-state index contributed by atoms with van der Waals surface area (Å²) in [4.78, 5) is 18.7. The van der Waals surface area contributed by atoms with E-state index in [1.807, 2.05) is 0 Å². The quantitative estimate of drug-likeness (QED) is 0.730. The Hall–Kier alpha value is -1.89. The smallest absolute Gasteiger partial charge is 0.318 e. The molecule has 0 bridgehead atoms. The van der Waals surface area contributed by atoms with E-state index in [1.54, 1.807) is 18.5 Å². The van der Waals surface area contributed by atoms with Crippen molar-refractivity contribution in [2.75, 3.05) is 0 Å². The third kappa shape index (κ3) is 3.77. The minimum Gasteiger partial charge on any atom is -0.480 e. The summed E-state index contributed by atoms with van der Waals surface area (Å²) in [5.74, 6) is 1.33. The molecule has 4 nitrogen and oxygen atoms in total. The summed E-state index contributed by atoms with van der Waals surface area (Å²) in [5.41, 5.74) is 0. The molecular formula is C11H12N2O2. The fraction of sp³-hybridized carbons (Fsp3) is 0.364. The molecule has 1 rings (SSSR count). The highest BCUT2D eigenvalue weighted by Crippen LogP contribution is 2.07. The number of rotatable bonds is 5. The number of terminal acetylenes is 1. The van der Waals surface area contributed by atoms with Gasteiger partial charge in [0.05, 0.1) is 0 Å². The van der Waals surface area contributed by atoms with E-state index in [1.165, 1.54) is 0 Å². The second-order valence-corrected chi connectivity index (χ2v) is 3.11. The van der Waals surface area contributed by atoms with Gasteiger partial charge in [0, 0.05) is 18.8 Å². The fourth-order valence-corrected chi connectivity index (χ4v) is 1.20. The highest BCUT2D eigenvalue weighted by molar-refractivity contribution is 5.73. The Labute approximate surface area is 88.4 Å². The van der Waals surface area contributed by atoms with Gasteiger partial charge in [-0.2, -0.15) is 0 Å². The fourth-order valence-electron chi connectivity index (χ4n) is 1.20. The van der Waals surface area contributed by atoms with Gasteiger partial charge in [-0.25, -0.2) is 9.97 Å². The molecule has 4 heteroatoms. The van der Waals surface area contributed by atoms with Crippen LogP contribution in [-0.4, -0.2) is 21.0 Å². The Balaban J connectivity index is 2.34. The summed E-state index contributed by atoms with van der Waals surface area (Å²) < 4.78 is 0. The van der Waals surface area contributed by atoms with E-state index in [0.29, 0.717) is 19.3 Å². The molecule has 1 unspecified atom stereocenters. The molecule has 0 aliphatic rings. The maximum Gasteiger partial charge on any atom is 0.318 e. The van der Waals surface area contributed by atoms with Crippen LogP contribution in [0.2, 0.25) is 0 Å². The summed E-state index contributed by atoms with van der Waals surface area (Å²) in [6, 6.07) is 1.74. The molecule has 0 aromatic carbocycles. The van der Waals surface area contributed by atoms with Gasteiger partial charge in [-0.3, -0.25) is 4.79 Å². The third-order valence-electron chi connectivity index (χ3n) is 2.01. The molecule has 15 heavy (non-hydrogen) atoms. The molecule has 1 aromatic rings. The summed E-state index contributed by atoms with van der Waals surface area (Å²) >= 11 is 0. The van der Waals surface area contributed by atoms with Crippen LogP contribution in [0.1, 0.15) is 18.7 Å². The lowest BCUT2D eigenvalue weighted by atomic mass is 10.0. The molecule has 0 radical (unpaired) electrons. The number of carboxylic acids is 1. The molecular weight excluding hydrogens is 192 g/mol. The molecule has 78 valence electrons. The van der Waals surface area contributed by atoms with Gasteiger partial charge in [-0.05, 0) is 18.9 Å². The van der Waals surface area contributed by atoms with Gasteiger partial charge in [-0.15, -0.1) is 6.42 Å². The lowest BCUT2D eigenvalue weighted by Gasteiger charge is -2.03. The Kier molecular flexibility index (Phi) is 4.30. The topological polar surface area (TPSA) is 63.1 Å². The molecule has 0 saturated carbocycles. The lowest BCUT2D eigenvalue weighted by molar-refractivity contribution is -0.139. The third-order valence-corrected chi connectivity index (χ3v) is 2.01. The zero-order chi connectivity index (χ0) is 11.1. The molecule has 0 spiro atoms. The van der Waals surface area contributed by atoms with Gasteiger partial charge in [0.1, 0.15) is 11.7 Å². The van der Waals surface area contributed by atoms with Gasteiger partial charge in [0.2, 0.25) is 0 Å². The number of carbonyl (C=O) groups is 1. The number of aliphatic carboxylic acids is 1. The second-order valence-electron chi connectivity index (χ2n) is 3.11. The van der Waals surface area contributed by atoms with Gasteiger partial charge < -0.3 is 5.11 Å². The predicted octanol–water partition coefficient (Wildman–Crippen LogP) is 1.13. The second kappa shape index (κ2) is 5.76. The zero-order valence-corrected chi connectivity index (χ0v) is 8.26. The summed E-state index contributed by atoms with van der Waals surface area (Å²) in [6.07, 6.45) is 10.2. The van der Waals surface area contributed by atoms with E-state index in [9.17, 15) is 4.79 Å². The van der Waals surface area contributed by atoms with Crippen LogP contribution >= 0.6 is 0 Å². The number of aryl methyl sites for hydroxylation is 1. The van der Waals surface area contributed by atoms with Crippen molar-refractivity contribution >= 4 is 5.97 Å². The maximum absolute atomic E-state index is 10.6. The minimum absolute atomic E-state index is 0.462. The highest BCUT2D eigenvalue weighted by Gasteiger charge is 2.13. The number of nitrogens with zero attached hydrogens (tertiary/aromatic N) is 2. The normalized spacial score (nSPS) is 11.7. The van der Waals surface area contributed by atoms with Crippen LogP contribution in [-0.2, 0) is 11.2 Å². The average Bonchev–Trinajstić information content (AvgIpc) is 2.25. The van der Waals surface area contributed by atoms with Crippen molar-refractivity contribution in [3.05, 3.63) is 24.3 Å². The number of carboxylic acid groups (broad SMARTS) is 1. The molecule has 1 aromatic heterocycles. The Bertz CT molecular complexity index is 357. The first-order valence-corrected chi connectivity index (χ1v) is 4.69. The van der Waals surface area contributed by atoms with Crippen LogP contribution in [0.15, 0.2) is 18.5 Å². The average molecular weight is 204 g/mol. The first kappa shape index (κ1) is 11.2. The van der Waals surface area contributed by atoms with Crippen LogP contribution in [0.4, 0.5) is 0 Å². The summed E-state index contributed by atoms with van der Waals surface area (Å²) in [6.45, 7) is 0. The Morgan fingerprint density at radius 1 is 1.53 bits per heavy atom. The molecule has 1 heterocycles. The van der Waals surface area contributed by atoms with Crippen molar-refractivity contribution in [2.24, 2.45) is 5.92 Å². The Morgan fingerprint density at radius 3 is 2.73 bits per heavy atom. The monoisotopic (exact) mass is 204 g/mol. The van der Waals surface area contributed by atoms with Gasteiger partial charge in [-0.1, -0.05) is 5.92 Å². The number of hydrogen-bond acceptors (Lipinski definition) is 3. The molecule has 0 amide bonds. The molecule has 0 aliphatic carbocycles. The van der Waals surface area contributed by atoms with E-state index in [0.717, 1.165) is 5.82 Å². The first-order chi connectivity index (χ1) is 7.24. The molecule has 1 N–H and O–H groups in total. The van der Waals surface area contributed by atoms with Gasteiger partial charge in [0.15, 0.2) is 0 Å². The predicted molar refractivity (Wildman–Crippen MR) is 54.9 cm³/mol. The largest absolute Gasteiger partial charge is 0.480 e. The molecule has 1 atom stereocenters. The maximum atomic E-state index is 10.6. The van der Waals surface area contributed by atoms with Crippen LogP contribution in [0.25, 0.3) is 0 Å². The first-order valence-electron chi connectivity index (χ1n) is 4.69. The van der Waals surface area contributed by atoms with Gasteiger partial charge >= 0.3 is 5.97 Å². The summed E-state index contributed by atoms with van der Waals surface area (Å²) in [5, 5.41) is 8.70. The van der Waals surface area contributed by atoms with Crippen LogP contribution in [0.5, 0.6) is 0 Å². The van der Waals surface area contributed by atoms with Crippen molar-refractivity contribution in [2.45, 2.75) is 19.3 Å². The van der Waals surface area contributed by atoms with Crippen molar-refractivity contribution in [3.63, 3.8) is 0 Å². The summed E-state index contributed by atoms with van der Waals surface area (Å²) in [7, 11) is 0. The van der Waals surface area contributed by atoms with E-state index < -0.39 is 11.9 Å². The SMILES string of the molecule is C#CC(CCCc1ncccn1)C(=O)O. The number of hydrogen-bond donors (Lipinski definition) is 1. The van der Waals surface area contributed by atoms with Crippen molar-refractivity contribution in [1.82, 2.24) is 9.97 Å². The van der Waals surface area contributed by atoms with E-state index in [4.69, 9.17) is 11.5 Å². The molecule has 0 fully saturated rings. The van der Waals surface area contributed by atoms with Crippen molar-refractivity contribution in [1.29, 1.82) is 0 Å².